The molecule has 0 spiro atoms. The van der Waals surface area contributed by atoms with E-state index >= 15 is 0 Å². The van der Waals surface area contributed by atoms with Crippen LogP contribution in [0, 0.1) is 0 Å². The summed E-state index contributed by atoms with van der Waals surface area (Å²) in [5.74, 6) is 0.182. The van der Waals surface area contributed by atoms with Crippen LogP contribution in [0.3, 0.4) is 0 Å². The first-order chi connectivity index (χ1) is 7.20. The molecule has 0 saturated carbocycles. The number of carbonyl (C=O) groups is 1. The molecule has 3 nitrogen and oxygen atoms in total. The third-order valence-corrected chi connectivity index (χ3v) is 1.68. The number of carbonyl (C=O) groups excluding carboxylic acids is 1. The summed E-state index contributed by atoms with van der Waals surface area (Å²) in [5.41, 5.74) is 0.965. The molecule has 0 aromatic heterocycles. The molecule has 0 bridgehead atoms. The maximum absolute atomic E-state index is 10.1. The lowest BCUT2D eigenvalue weighted by molar-refractivity contribution is -0.117. The average molecular weight is 210 g/mol. The van der Waals surface area contributed by atoms with Crippen LogP contribution in [0.2, 0.25) is 0 Å². The van der Waals surface area contributed by atoms with Gasteiger partial charge in [0, 0.05) is 13.5 Å². The number of ether oxygens (including phenoxy) is 1. The van der Waals surface area contributed by atoms with Crippen molar-refractivity contribution in [2.75, 3.05) is 13.7 Å². The molecule has 0 aliphatic carbocycles. The van der Waals surface area contributed by atoms with Crippen molar-refractivity contribution in [1.29, 1.82) is 0 Å². The molecule has 0 saturated heterocycles. The minimum absolute atomic E-state index is 0.140. The number of methoxy groups -OCH3 is 1. The molecule has 1 N–H and O–H groups in total. The highest BCUT2D eigenvalue weighted by molar-refractivity contribution is 5.75. The van der Waals surface area contributed by atoms with E-state index in [9.17, 15) is 4.79 Å². The Morgan fingerprint density at radius 2 is 1.93 bits per heavy atom. The van der Waals surface area contributed by atoms with Crippen molar-refractivity contribution in [3.63, 3.8) is 0 Å². The second-order valence-corrected chi connectivity index (χ2v) is 3.09. The molecule has 0 aliphatic rings. The first-order valence-corrected chi connectivity index (χ1v) is 4.84. The van der Waals surface area contributed by atoms with Gasteiger partial charge in [0.1, 0.15) is 5.78 Å². The summed E-state index contributed by atoms with van der Waals surface area (Å²) in [6, 6.07) is 9.52. The van der Waals surface area contributed by atoms with Crippen LogP contribution < -0.4 is 0 Å². The Balaban J connectivity index is 0.000000265. The van der Waals surface area contributed by atoms with E-state index in [0.29, 0.717) is 13.0 Å². The van der Waals surface area contributed by atoms with Crippen molar-refractivity contribution in [3.05, 3.63) is 35.9 Å². The lowest BCUT2D eigenvalue weighted by Crippen LogP contribution is -1.95. The van der Waals surface area contributed by atoms with E-state index in [4.69, 9.17) is 5.11 Å². The second-order valence-electron chi connectivity index (χ2n) is 3.09. The van der Waals surface area contributed by atoms with Crippen LogP contribution >= 0.6 is 0 Å². The largest absolute Gasteiger partial charge is 0.392 e. The van der Waals surface area contributed by atoms with Gasteiger partial charge in [0.2, 0.25) is 0 Å². The van der Waals surface area contributed by atoms with Crippen molar-refractivity contribution in [2.45, 2.75) is 20.0 Å². The third-order valence-electron chi connectivity index (χ3n) is 1.68. The molecule has 1 aromatic rings. The number of hydrogen-bond acceptors (Lipinski definition) is 3. The highest BCUT2D eigenvalue weighted by Gasteiger charge is 1.87. The fraction of sp³-hybridized carbons (Fsp3) is 0.417. The molecule has 15 heavy (non-hydrogen) atoms. The molecule has 0 fully saturated rings. The zero-order chi connectivity index (χ0) is 11.5. The summed E-state index contributed by atoms with van der Waals surface area (Å²) in [5, 5.41) is 8.54. The van der Waals surface area contributed by atoms with E-state index in [1.807, 2.05) is 30.3 Å². The van der Waals surface area contributed by atoms with Gasteiger partial charge in [0.25, 0.3) is 0 Å². The van der Waals surface area contributed by atoms with Crippen LogP contribution in [-0.4, -0.2) is 24.6 Å². The van der Waals surface area contributed by atoms with Crippen molar-refractivity contribution >= 4 is 5.78 Å². The topological polar surface area (TPSA) is 46.5 Å². The van der Waals surface area contributed by atoms with Crippen molar-refractivity contribution in [2.24, 2.45) is 0 Å². The standard InChI is InChI=1S/C7H8O.C5H10O2/c8-6-7-4-2-1-3-5-7;1-5(6)3-4-7-2/h1-5,8H,6H2;3-4H2,1-2H3. The molecule has 84 valence electrons. The van der Waals surface area contributed by atoms with Crippen LogP contribution in [-0.2, 0) is 16.1 Å². The minimum atomic E-state index is 0.140. The van der Waals surface area contributed by atoms with Gasteiger partial charge >= 0.3 is 0 Å². The van der Waals surface area contributed by atoms with E-state index in [1.165, 1.54) is 0 Å². The Labute approximate surface area is 90.7 Å². The Hall–Kier alpha value is -1.19. The zero-order valence-electron chi connectivity index (χ0n) is 9.27. The fourth-order valence-electron chi connectivity index (χ4n) is 0.829. The summed E-state index contributed by atoms with van der Waals surface area (Å²) >= 11 is 0. The number of ketones is 1. The number of aliphatic hydroxyl groups excluding tert-OH is 1. The van der Waals surface area contributed by atoms with E-state index in [2.05, 4.69) is 4.74 Å². The number of Topliss-reactive ketones (excluding diaryl/α,β-unsaturated/α-hetero) is 1. The molecule has 0 amide bonds. The molecule has 0 aliphatic heterocycles. The molecule has 0 unspecified atom stereocenters. The van der Waals surface area contributed by atoms with E-state index < -0.39 is 0 Å². The highest BCUT2D eigenvalue weighted by atomic mass is 16.5. The third kappa shape index (κ3) is 9.12. The number of benzene rings is 1. The van der Waals surface area contributed by atoms with E-state index in [1.54, 1.807) is 14.0 Å². The van der Waals surface area contributed by atoms with Gasteiger partial charge < -0.3 is 9.84 Å². The summed E-state index contributed by atoms with van der Waals surface area (Å²) in [6.45, 7) is 2.25. The Bertz CT molecular complexity index is 257. The van der Waals surface area contributed by atoms with Crippen LogP contribution in [0.5, 0.6) is 0 Å². The summed E-state index contributed by atoms with van der Waals surface area (Å²) < 4.78 is 4.63. The van der Waals surface area contributed by atoms with Gasteiger partial charge in [-0.15, -0.1) is 0 Å². The van der Waals surface area contributed by atoms with Crippen LogP contribution in [0.1, 0.15) is 18.9 Å². The van der Waals surface area contributed by atoms with Crippen LogP contribution in [0.25, 0.3) is 0 Å². The lowest BCUT2D eigenvalue weighted by atomic mass is 10.2. The predicted octanol–water partition coefficient (Wildman–Crippen LogP) is 1.79. The molecular weight excluding hydrogens is 192 g/mol. The van der Waals surface area contributed by atoms with Gasteiger partial charge in [-0.1, -0.05) is 30.3 Å². The lowest BCUT2D eigenvalue weighted by Gasteiger charge is -1.89. The summed E-state index contributed by atoms with van der Waals surface area (Å²) in [6.07, 6.45) is 0.538. The predicted molar refractivity (Wildman–Crippen MR) is 59.5 cm³/mol. The van der Waals surface area contributed by atoms with Crippen molar-refractivity contribution in [3.8, 4) is 0 Å². The Kier molecular flexibility index (Phi) is 8.63. The minimum Gasteiger partial charge on any atom is -0.392 e. The van der Waals surface area contributed by atoms with Gasteiger partial charge in [-0.25, -0.2) is 0 Å². The normalized spacial score (nSPS) is 9.00. The second kappa shape index (κ2) is 9.37. The van der Waals surface area contributed by atoms with Crippen LogP contribution in [0.4, 0.5) is 0 Å². The number of rotatable bonds is 4. The maximum Gasteiger partial charge on any atom is 0.132 e. The molecule has 0 atom stereocenters. The van der Waals surface area contributed by atoms with Crippen molar-refractivity contribution < 1.29 is 14.6 Å². The molecule has 1 aromatic carbocycles. The number of aliphatic hydroxyl groups is 1. The van der Waals surface area contributed by atoms with Gasteiger partial charge in [-0.05, 0) is 12.5 Å². The van der Waals surface area contributed by atoms with Gasteiger partial charge in [-0.3, -0.25) is 4.79 Å². The molecular formula is C12H18O3. The van der Waals surface area contributed by atoms with E-state index in [-0.39, 0.29) is 12.4 Å². The molecule has 0 heterocycles. The fourth-order valence-corrected chi connectivity index (χ4v) is 0.829. The maximum atomic E-state index is 10.1. The monoisotopic (exact) mass is 210 g/mol. The molecule has 3 heteroatoms. The smallest absolute Gasteiger partial charge is 0.132 e. The van der Waals surface area contributed by atoms with Gasteiger partial charge in [-0.2, -0.15) is 0 Å². The number of hydrogen-bond donors (Lipinski definition) is 1. The first kappa shape index (κ1) is 13.8. The van der Waals surface area contributed by atoms with Crippen LogP contribution in [0.15, 0.2) is 30.3 Å². The average Bonchev–Trinajstić information content (AvgIpc) is 2.28. The quantitative estimate of drug-likeness (QED) is 0.824. The van der Waals surface area contributed by atoms with E-state index in [0.717, 1.165) is 5.56 Å². The van der Waals surface area contributed by atoms with Gasteiger partial charge in [0.05, 0.1) is 13.2 Å². The van der Waals surface area contributed by atoms with Crippen molar-refractivity contribution in [1.82, 2.24) is 0 Å². The Morgan fingerprint density at radius 3 is 2.20 bits per heavy atom. The Morgan fingerprint density at radius 1 is 1.33 bits per heavy atom. The molecule has 1 rings (SSSR count). The highest BCUT2D eigenvalue weighted by Crippen LogP contribution is 1.95. The van der Waals surface area contributed by atoms with Gasteiger partial charge in [0.15, 0.2) is 0 Å². The summed E-state index contributed by atoms with van der Waals surface area (Å²) in [4.78, 5) is 10.1. The SMILES string of the molecule is COCCC(C)=O.OCc1ccccc1. The summed E-state index contributed by atoms with van der Waals surface area (Å²) in [7, 11) is 1.59. The first-order valence-electron chi connectivity index (χ1n) is 4.84. The zero-order valence-corrected chi connectivity index (χ0v) is 9.27. The molecule has 0 radical (unpaired) electrons.